The highest BCUT2D eigenvalue weighted by Crippen LogP contribution is 2.46. The van der Waals surface area contributed by atoms with Crippen molar-refractivity contribution in [3.8, 4) is 0 Å². The summed E-state index contributed by atoms with van der Waals surface area (Å²) in [5.74, 6) is 0.262. The SMILES string of the molecule is NS(=O)(=O)c1ccc(N2N=C3c4ccccc4CC3C2c2ccccc2)cc1. The molecule has 0 amide bonds. The van der Waals surface area contributed by atoms with Crippen LogP contribution >= 0.6 is 0 Å². The summed E-state index contributed by atoms with van der Waals surface area (Å²) in [7, 11) is -3.72. The predicted molar refractivity (Wildman–Crippen MR) is 110 cm³/mol. The molecule has 0 spiro atoms. The fourth-order valence-electron chi connectivity index (χ4n) is 4.25. The minimum atomic E-state index is -3.72. The molecule has 2 N–H and O–H groups in total. The van der Waals surface area contributed by atoms with Crippen molar-refractivity contribution in [2.75, 3.05) is 5.01 Å². The van der Waals surface area contributed by atoms with Crippen LogP contribution in [0.1, 0.15) is 22.7 Å². The summed E-state index contributed by atoms with van der Waals surface area (Å²) in [4.78, 5) is 0.102. The van der Waals surface area contributed by atoms with Gasteiger partial charge in [-0.3, -0.25) is 5.01 Å². The van der Waals surface area contributed by atoms with Crippen LogP contribution in [-0.2, 0) is 16.4 Å². The van der Waals surface area contributed by atoms with E-state index in [4.69, 9.17) is 10.2 Å². The Morgan fingerprint density at radius 1 is 0.893 bits per heavy atom. The van der Waals surface area contributed by atoms with Crippen molar-refractivity contribution in [3.05, 3.63) is 95.6 Å². The van der Waals surface area contributed by atoms with E-state index in [0.29, 0.717) is 0 Å². The Kier molecular flexibility index (Phi) is 3.86. The van der Waals surface area contributed by atoms with Gasteiger partial charge in [-0.15, -0.1) is 0 Å². The van der Waals surface area contributed by atoms with Gasteiger partial charge < -0.3 is 0 Å². The maximum Gasteiger partial charge on any atom is 0.238 e. The highest BCUT2D eigenvalue weighted by atomic mass is 32.2. The average Bonchev–Trinajstić information content (AvgIpc) is 3.24. The Balaban J connectivity index is 1.62. The molecule has 3 aromatic rings. The maximum atomic E-state index is 11.6. The lowest BCUT2D eigenvalue weighted by Gasteiger charge is -2.28. The molecule has 140 valence electrons. The lowest BCUT2D eigenvalue weighted by molar-refractivity contribution is 0.556. The second-order valence-corrected chi connectivity index (χ2v) is 8.75. The van der Waals surface area contributed by atoms with Gasteiger partial charge in [-0.2, -0.15) is 5.10 Å². The fourth-order valence-corrected chi connectivity index (χ4v) is 4.77. The third-order valence-electron chi connectivity index (χ3n) is 5.52. The molecule has 0 saturated heterocycles. The molecule has 1 heterocycles. The van der Waals surface area contributed by atoms with Crippen molar-refractivity contribution in [2.45, 2.75) is 17.4 Å². The zero-order valence-electron chi connectivity index (χ0n) is 15.1. The van der Waals surface area contributed by atoms with Crippen LogP contribution in [0.4, 0.5) is 5.69 Å². The van der Waals surface area contributed by atoms with E-state index in [2.05, 4.69) is 30.3 Å². The molecule has 0 fully saturated rings. The maximum absolute atomic E-state index is 11.6. The van der Waals surface area contributed by atoms with E-state index < -0.39 is 10.0 Å². The zero-order valence-corrected chi connectivity index (χ0v) is 15.9. The molecule has 28 heavy (non-hydrogen) atoms. The summed E-state index contributed by atoms with van der Waals surface area (Å²) in [6.45, 7) is 0. The first-order chi connectivity index (χ1) is 13.5. The summed E-state index contributed by atoms with van der Waals surface area (Å²) in [5, 5.41) is 12.2. The van der Waals surface area contributed by atoms with E-state index >= 15 is 0 Å². The fraction of sp³-hybridized carbons (Fsp3) is 0.136. The number of fused-ring (bicyclic) bond motifs is 3. The number of hydrazone groups is 1. The first-order valence-corrected chi connectivity index (χ1v) is 10.7. The lowest BCUT2D eigenvalue weighted by Crippen LogP contribution is -2.25. The topological polar surface area (TPSA) is 75.8 Å². The molecule has 0 bridgehead atoms. The number of primary sulfonamides is 1. The van der Waals surface area contributed by atoms with E-state index in [1.807, 2.05) is 29.3 Å². The van der Waals surface area contributed by atoms with E-state index in [-0.39, 0.29) is 16.9 Å². The summed E-state index contributed by atoms with van der Waals surface area (Å²) in [5.41, 5.74) is 5.67. The summed E-state index contributed by atoms with van der Waals surface area (Å²) >= 11 is 0. The van der Waals surface area contributed by atoms with Gasteiger partial charge in [0.1, 0.15) is 0 Å². The second kappa shape index (κ2) is 6.29. The number of anilines is 1. The number of rotatable bonds is 3. The largest absolute Gasteiger partial charge is 0.257 e. The second-order valence-electron chi connectivity index (χ2n) is 7.19. The number of benzene rings is 3. The van der Waals surface area contributed by atoms with E-state index in [9.17, 15) is 8.42 Å². The molecule has 5 nitrogen and oxygen atoms in total. The Morgan fingerprint density at radius 2 is 1.57 bits per heavy atom. The van der Waals surface area contributed by atoms with Gasteiger partial charge in [0, 0.05) is 11.5 Å². The van der Waals surface area contributed by atoms with E-state index in [1.54, 1.807) is 12.1 Å². The molecule has 2 aliphatic rings. The molecule has 3 aromatic carbocycles. The number of nitrogens with zero attached hydrogens (tertiary/aromatic N) is 2. The van der Waals surface area contributed by atoms with Crippen LogP contribution in [0.3, 0.4) is 0 Å². The summed E-state index contributed by atoms with van der Waals surface area (Å²) in [6.07, 6.45) is 0.945. The van der Waals surface area contributed by atoms with Gasteiger partial charge in [-0.1, -0.05) is 54.6 Å². The van der Waals surface area contributed by atoms with Crippen LogP contribution < -0.4 is 10.1 Å². The molecule has 1 aliphatic carbocycles. The smallest absolute Gasteiger partial charge is 0.238 e. The molecular weight excluding hydrogens is 370 g/mol. The summed E-state index contributed by atoms with van der Waals surface area (Å²) < 4.78 is 23.2. The third kappa shape index (κ3) is 2.73. The van der Waals surface area contributed by atoms with Crippen LogP contribution in [-0.4, -0.2) is 14.1 Å². The van der Waals surface area contributed by atoms with Crippen LogP contribution in [0.5, 0.6) is 0 Å². The Labute approximate surface area is 164 Å². The van der Waals surface area contributed by atoms with Crippen LogP contribution in [0.2, 0.25) is 0 Å². The van der Waals surface area contributed by atoms with Crippen LogP contribution in [0.15, 0.2) is 88.9 Å². The van der Waals surface area contributed by atoms with Crippen molar-refractivity contribution in [2.24, 2.45) is 16.2 Å². The number of nitrogens with two attached hydrogens (primary N) is 1. The normalized spacial score (nSPS) is 20.6. The number of hydrogen-bond donors (Lipinski definition) is 1. The molecule has 2 atom stereocenters. The molecule has 6 heteroatoms. The highest BCUT2D eigenvalue weighted by Gasteiger charge is 2.43. The van der Waals surface area contributed by atoms with Gasteiger partial charge in [0.2, 0.25) is 10.0 Å². The van der Waals surface area contributed by atoms with Gasteiger partial charge in [-0.05, 0) is 41.8 Å². The Bertz CT molecular complexity index is 1170. The van der Waals surface area contributed by atoms with Gasteiger partial charge in [0.25, 0.3) is 0 Å². The predicted octanol–water partition coefficient (Wildman–Crippen LogP) is 3.47. The zero-order chi connectivity index (χ0) is 19.3. The molecule has 0 saturated carbocycles. The minimum Gasteiger partial charge on any atom is -0.257 e. The third-order valence-corrected chi connectivity index (χ3v) is 6.44. The molecule has 1 aliphatic heterocycles. The number of sulfonamides is 1. The Hall–Kier alpha value is -2.96. The van der Waals surface area contributed by atoms with Gasteiger partial charge in [0.05, 0.1) is 22.3 Å². The van der Waals surface area contributed by atoms with Crippen LogP contribution in [0, 0.1) is 5.92 Å². The van der Waals surface area contributed by atoms with Crippen molar-refractivity contribution < 1.29 is 8.42 Å². The first kappa shape index (κ1) is 17.2. The van der Waals surface area contributed by atoms with E-state index in [0.717, 1.165) is 17.8 Å². The monoisotopic (exact) mass is 389 g/mol. The molecule has 0 aromatic heterocycles. The summed E-state index contributed by atoms with van der Waals surface area (Å²) in [6, 6.07) is 25.4. The first-order valence-electron chi connectivity index (χ1n) is 9.16. The van der Waals surface area contributed by atoms with Gasteiger partial charge in [0.15, 0.2) is 0 Å². The van der Waals surface area contributed by atoms with Crippen molar-refractivity contribution in [1.82, 2.24) is 0 Å². The highest BCUT2D eigenvalue weighted by molar-refractivity contribution is 7.89. The Morgan fingerprint density at radius 3 is 2.29 bits per heavy atom. The lowest BCUT2D eigenvalue weighted by atomic mass is 9.90. The van der Waals surface area contributed by atoms with Crippen molar-refractivity contribution in [3.63, 3.8) is 0 Å². The molecule has 5 rings (SSSR count). The average molecular weight is 389 g/mol. The van der Waals surface area contributed by atoms with Gasteiger partial charge in [-0.25, -0.2) is 13.6 Å². The standard InChI is InChI=1S/C22H19N3O2S/c23-28(26,27)18-12-10-17(11-13-18)25-22(15-6-2-1-3-7-15)20-14-16-8-4-5-9-19(16)21(20)24-25/h1-13,20,22H,14H2,(H2,23,26,27). The molecular formula is C22H19N3O2S. The van der Waals surface area contributed by atoms with Crippen molar-refractivity contribution in [1.29, 1.82) is 0 Å². The van der Waals surface area contributed by atoms with Crippen LogP contribution in [0.25, 0.3) is 0 Å². The van der Waals surface area contributed by atoms with Crippen molar-refractivity contribution >= 4 is 21.4 Å². The number of hydrogen-bond acceptors (Lipinski definition) is 4. The van der Waals surface area contributed by atoms with Gasteiger partial charge >= 0.3 is 0 Å². The van der Waals surface area contributed by atoms with E-state index in [1.165, 1.54) is 28.8 Å². The quantitative estimate of drug-likeness (QED) is 0.745. The molecule has 2 unspecified atom stereocenters. The molecule has 0 radical (unpaired) electrons. The minimum absolute atomic E-state index is 0.0592.